The number of esters is 1. The zero-order valence-corrected chi connectivity index (χ0v) is 8.94. The van der Waals surface area contributed by atoms with E-state index >= 15 is 0 Å². The van der Waals surface area contributed by atoms with Gasteiger partial charge in [-0.05, 0) is 18.4 Å². The van der Waals surface area contributed by atoms with Crippen molar-refractivity contribution in [2.24, 2.45) is 0 Å². The van der Waals surface area contributed by atoms with Crippen LogP contribution in [0.4, 0.5) is 0 Å². The molecule has 82 valence electrons. The van der Waals surface area contributed by atoms with Crippen LogP contribution in [-0.4, -0.2) is 13.1 Å². The molecule has 0 bridgehead atoms. The molecule has 0 aliphatic carbocycles. The molecule has 0 radical (unpaired) electrons. The number of ether oxygens (including phenoxy) is 1. The van der Waals surface area contributed by atoms with Crippen molar-refractivity contribution in [1.29, 1.82) is 0 Å². The zero-order valence-electron chi connectivity index (χ0n) is 8.94. The van der Waals surface area contributed by atoms with Crippen LogP contribution < -0.4 is 5.63 Å². The summed E-state index contributed by atoms with van der Waals surface area (Å²) in [6, 6.07) is 6.98. The summed E-state index contributed by atoms with van der Waals surface area (Å²) in [5, 5.41) is 1.17. The lowest BCUT2D eigenvalue weighted by molar-refractivity contribution is 0.0559. The van der Waals surface area contributed by atoms with Gasteiger partial charge in [-0.3, -0.25) is 0 Å². The molecule has 0 saturated heterocycles. The van der Waals surface area contributed by atoms with E-state index in [1.165, 1.54) is 7.11 Å². The minimum atomic E-state index is -0.639. The van der Waals surface area contributed by atoms with Crippen LogP contribution in [0.3, 0.4) is 0 Å². The quantitative estimate of drug-likeness (QED) is 0.686. The maximum atomic E-state index is 11.6. The summed E-state index contributed by atoms with van der Waals surface area (Å²) in [6.07, 6.45) is 0. The molecule has 4 heteroatoms. The number of hydrogen-bond donors (Lipinski definition) is 0. The van der Waals surface area contributed by atoms with Gasteiger partial charge in [-0.1, -0.05) is 18.2 Å². The number of aryl methyl sites for hydroxylation is 1. The highest BCUT2D eigenvalue weighted by atomic mass is 16.5. The predicted molar refractivity (Wildman–Crippen MR) is 58.6 cm³/mol. The molecule has 4 nitrogen and oxygen atoms in total. The molecule has 1 aromatic heterocycles. The number of fused-ring (bicyclic) bond motifs is 1. The highest BCUT2D eigenvalue weighted by Crippen LogP contribution is 2.18. The molecule has 0 atom stereocenters. The van der Waals surface area contributed by atoms with Crippen molar-refractivity contribution in [3.8, 4) is 0 Å². The summed E-state index contributed by atoms with van der Waals surface area (Å²) >= 11 is 0. The molecular weight excluding hydrogens is 208 g/mol. The molecule has 0 N–H and O–H groups in total. The Kier molecular flexibility index (Phi) is 2.48. The normalized spacial score (nSPS) is 10.4. The second-order valence-electron chi connectivity index (χ2n) is 3.38. The first kappa shape index (κ1) is 10.4. The second kappa shape index (κ2) is 3.81. The third-order valence-electron chi connectivity index (χ3n) is 2.46. The zero-order chi connectivity index (χ0) is 11.7. The van der Waals surface area contributed by atoms with Crippen molar-refractivity contribution in [2.75, 3.05) is 7.11 Å². The van der Waals surface area contributed by atoms with Crippen molar-refractivity contribution in [3.63, 3.8) is 0 Å². The summed E-state index contributed by atoms with van der Waals surface area (Å²) in [5.41, 5.74) is 0.0867. The number of benzene rings is 1. The van der Waals surface area contributed by atoms with Crippen LogP contribution in [0.2, 0.25) is 0 Å². The lowest BCUT2D eigenvalue weighted by Crippen LogP contribution is -2.11. The van der Waals surface area contributed by atoms with Crippen molar-refractivity contribution in [3.05, 3.63) is 46.0 Å². The Morgan fingerprint density at radius 3 is 2.50 bits per heavy atom. The molecule has 0 saturated carbocycles. The summed E-state index contributed by atoms with van der Waals surface area (Å²) in [6.45, 7) is 1.72. The highest BCUT2D eigenvalue weighted by Gasteiger charge is 2.16. The van der Waals surface area contributed by atoms with Crippen LogP contribution in [0, 0.1) is 6.92 Å². The largest absolute Gasteiger partial charge is 0.463 e. The number of rotatable bonds is 1. The third-order valence-corrected chi connectivity index (χ3v) is 2.46. The fourth-order valence-electron chi connectivity index (χ4n) is 1.62. The highest BCUT2D eigenvalue weighted by molar-refractivity contribution is 5.94. The molecule has 0 fully saturated rings. The summed E-state index contributed by atoms with van der Waals surface area (Å²) in [4.78, 5) is 23.0. The summed E-state index contributed by atoms with van der Waals surface area (Å²) < 4.78 is 9.49. The fourth-order valence-corrected chi connectivity index (χ4v) is 1.62. The van der Waals surface area contributed by atoms with Crippen molar-refractivity contribution in [1.82, 2.24) is 0 Å². The molecule has 1 aromatic carbocycles. The first-order valence-electron chi connectivity index (χ1n) is 4.76. The van der Waals surface area contributed by atoms with Gasteiger partial charge in [0.15, 0.2) is 0 Å². The Hall–Kier alpha value is -2.10. The SMILES string of the molecule is COC(=O)c1oc(=O)c2ccccc2c1C. The van der Waals surface area contributed by atoms with E-state index < -0.39 is 11.6 Å². The minimum absolute atomic E-state index is 0.0359. The summed E-state index contributed by atoms with van der Waals surface area (Å²) in [5.74, 6) is -0.674. The van der Waals surface area contributed by atoms with E-state index in [-0.39, 0.29) is 5.76 Å². The number of carbonyl (C=O) groups is 1. The monoisotopic (exact) mass is 218 g/mol. The van der Waals surface area contributed by atoms with Crippen molar-refractivity contribution >= 4 is 16.7 Å². The molecular formula is C12H10O4. The van der Waals surface area contributed by atoms with E-state index in [9.17, 15) is 9.59 Å². The van der Waals surface area contributed by atoms with Crippen LogP contribution >= 0.6 is 0 Å². The van der Waals surface area contributed by atoms with E-state index in [0.29, 0.717) is 16.3 Å². The molecule has 2 aromatic rings. The average Bonchev–Trinajstić information content (AvgIpc) is 2.33. The van der Waals surface area contributed by atoms with Gasteiger partial charge in [0, 0.05) is 5.56 Å². The minimum Gasteiger partial charge on any atom is -0.463 e. The average molecular weight is 218 g/mol. The molecule has 16 heavy (non-hydrogen) atoms. The lowest BCUT2D eigenvalue weighted by Gasteiger charge is -2.05. The van der Waals surface area contributed by atoms with Gasteiger partial charge in [0.1, 0.15) is 0 Å². The van der Waals surface area contributed by atoms with Gasteiger partial charge >= 0.3 is 11.6 Å². The number of carbonyl (C=O) groups excluding carboxylic acids is 1. The Balaban J connectivity index is 2.86. The van der Waals surface area contributed by atoms with Gasteiger partial charge in [-0.15, -0.1) is 0 Å². The van der Waals surface area contributed by atoms with Crippen LogP contribution in [-0.2, 0) is 4.74 Å². The maximum absolute atomic E-state index is 11.6. The molecule has 0 spiro atoms. The first-order chi connectivity index (χ1) is 7.65. The van der Waals surface area contributed by atoms with Crippen molar-refractivity contribution < 1.29 is 13.9 Å². The standard InChI is InChI=1S/C12H10O4/c1-7-8-5-3-4-6-9(8)11(13)16-10(7)12(14)15-2/h3-6H,1-2H3. The van der Waals surface area contributed by atoms with Crippen LogP contribution in [0.5, 0.6) is 0 Å². The molecule has 0 aliphatic heterocycles. The molecule has 0 unspecified atom stereocenters. The van der Waals surface area contributed by atoms with Gasteiger partial charge in [-0.25, -0.2) is 9.59 Å². The second-order valence-corrected chi connectivity index (χ2v) is 3.38. The smallest absolute Gasteiger partial charge is 0.374 e. The van der Waals surface area contributed by atoms with Gasteiger partial charge in [0.05, 0.1) is 12.5 Å². The number of methoxy groups -OCH3 is 1. The van der Waals surface area contributed by atoms with Crippen LogP contribution in [0.15, 0.2) is 33.5 Å². The van der Waals surface area contributed by atoms with Gasteiger partial charge in [0.2, 0.25) is 5.76 Å². The Bertz CT molecular complexity index is 610. The topological polar surface area (TPSA) is 56.5 Å². The molecule has 0 amide bonds. The van der Waals surface area contributed by atoms with E-state index in [0.717, 1.165) is 0 Å². The predicted octanol–water partition coefficient (Wildman–Crippen LogP) is 1.89. The fraction of sp³-hybridized carbons (Fsp3) is 0.167. The molecule has 1 heterocycles. The van der Waals surface area contributed by atoms with E-state index in [2.05, 4.69) is 4.74 Å². The van der Waals surface area contributed by atoms with Gasteiger partial charge in [-0.2, -0.15) is 0 Å². The van der Waals surface area contributed by atoms with E-state index in [1.807, 2.05) is 0 Å². The Morgan fingerprint density at radius 1 is 1.25 bits per heavy atom. The Morgan fingerprint density at radius 2 is 1.88 bits per heavy atom. The number of hydrogen-bond acceptors (Lipinski definition) is 4. The Labute approximate surface area is 91.4 Å². The van der Waals surface area contributed by atoms with Crippen molar-refractivity contribution in [2.45, 2.75) is 6.92 Å². The summed E-state index contributed by atoms with van der Waals surface area (Å²) in [7, 11) is 1.25. The van der Waals surface area contributed by atoms with E-state index in [1.54, 1.807) is 31.2 Å². The molecule has 2 rings (SSSR count). The lowest BCUT2D eigenvalue weighted by atomic mass is 10.1. The van der Waals surface area contributed by atoms with Crippen LogP contribution in [0.1, 0.15) is 16.1 Å². The van der Waals surface area contributed by atoms with Gasteiger partial charge < -0.3 is 9.15 Å². The van der Waals surface area contributed by atoms with E-state index in [4.69, 9.17) is 4.42 Å². The van der Waals surface area contributed by atoms with Crippen LogP contribution in [0.25, 0.3) is 10.8 Å². The third kappa shape index (κ3) is 1.48. The maximum Gasteiger partial charge on any atom is 0.374 e. The van der Waals surface area contributed by atoms with Gasteiger partial charge in [0.25, 0.3) is 0 Å². The first-order valence-corrected chi connectivity index (χ1v) is 4.76. The molecule has 0 aliphatic rings.